The predicted octanol–water partition coefficient (Wildman–Crippen LogP) is 0.282. The maximum Gasteiger partial charge on any atom is 0.328 e. The van der Waals surface area contributed by atoms with E-state index < -0.39 is 24.6 Å². The van der Waals surface area contributed by atoms with Gasteiger partial charge in [-0.1, -0.05) is 29.8 Å². The van der Waals surface area contributed by atoms with Gasteiger partial charge in [-0.25, -0.2) is 9.59 Å². The maximum atomic E-state index is 11.4. The fraction of sp³-hybridized carbons (Fsp3) is 0.385. The number of carboxylic acid groups (broad SMARTS) is 1. The molecule has 19 heavy (non-hydrogen) atoms. The van der Waals surface area contributed by atoms with Crippen molar-refractivity contribution in [2.75, 3.05) is 13.2 Å². The lowest BCUT2D eigenvalue weighted by Crippen LogP contribution is -2.48. The van der Waals surface area contributed by atoms with Gasteiger partial charge in [0.2, 0.25) is 0 Å². The monoisotopic (exact) mass is 266 g/mol. The van der Waals surface area contributed by atoms with Gasteiger partial charge in [-0.15, -0.1) is 0 Å². The van der Waals surface area contributed by atoms with E-state index in [4.69, 9.17) is 10.2 Å². The molecule has 0 saturated heterocycles. The number of nitrogens with one attached hydrogen (secondary N) is 2. The number of aliphatic hydroxyl groups is 1. The highest BCUT2D eigenvalue weighted by atomic mass is 16.4. The molecule has 0 aliphatic carbocycles. The Bertz CT molecular complexity index is 448. The summed E-state index contributed by atoms with van der Waals surface area (Å²) in [7, 11) is 0. The van der Waals surface area contributed by atoms with Crippen molar-refractivity contribution in [3.63, 3.8) is 0 Å². The van der Waals surface area contributed by atoms with Crippen molar-refractivity contribution in [2.24, 2.45) is 0 Å². The number of aliphatic carboxylic acids is 1. The molecule has 1 rings (SSSR count). The zero-order valence-electron chi connectivity index (χ0n) is 10.7. The van der Waals surface area contributed by atoms with Crippen molar-refractivity contribution in [1.29, 1.82) is 0 Å². The minimum absolute atomic E-state index is 0.396. The third-order valence-corrected chi connectivity index (χ3v) is 2.57. The van der Waals surface area contributed by atoms with E-state index in [0.717, 1.165) is 11.1 Å². The number of aryl methyl sites for hydroxylation is 1. The van der Waals surface area contributed by atoms with E-state index in [0.29, 0.717) is 13.0 Å². The summed E-state index contributed by atoms with van der Waals surface area (Å²) >= 11 is 0. The van der Waals surface area contributed by atoms with Gasteiger partial charge in [0.25, 0.3) is 0 Å². The van der Waals surface area contributed by atoms with Gasteiger partial charge in [-0.2, -0.15) is 0 Å². The quantitative estimate of drug-likeness (QED) is 0.594. The molecule has 1 aromatic carbocycles. The van der Waals surface area contributed by atoms with Crippen LogP contribution in [-0.4, -0.2) is 41.4 Å². The number of aliphatic hydroxyl groups excluding tert-OH is 1. The summed E-state index contributed by atoms with van der Waals surface area (Å²) in [5.74, 6) is -1.27. The van der Waals surface area contributed by atoms with E-state index in [-0.39, 0.29) is 0 Å². The molecule has 0 saturated carbocycles. The van der Waals surface area contributed by atoms with Crippen molar-refractivity contribution >= 4 is 12.0 Å². The molecule has 0 radical (unpaired) electrons. The molecule has 0 aliphatic heterocycles. The lowest BCUT2D eigenvalue weighted by Gasteiger charge is -2.12. The molecule has 0 aliphatic rings. The van der Waals surface area contributed by atoms with Crippen LogP contribution in [0.3, 0.4) is 0 Å². The average molecular weight is 266 g/mol. The molecule has 0 bridgehead atoms. The molecule has 0 aromatic heterocycles. The van der Waals surface area contributed by atoms with Crippen LogP contribution in [0.2, 0.25) is 0 Å². The Morgan fingerprint density at radius 3 is 2.68 bits per heavy atom. The molecule has 0 unspecified atom stereocenters. The Hall–Kier alpha value is -2.08. The summed E-state index contributed by atoms with van der Waals surface area (Å²) < 4.78 is 0. The second-order valence-corrected chi connectivity index (χ2v) is 4.21. The number of rotatable bonds is 6. The fourth-order valence-electron chi connectivity index (χ4n) is 1.58. The molecular weight excluding hydrogens is 248 g/mol. The molecule has 6 nitrogen and oxygen atoms in total. The van der Waals surface area contributed by atoms with Crippen LogP contribution >= 0.6 is 0 Å². The molecule has 0 fully saturated rings. The van der Waals surface area contributed by atoms with Gasteiger partial charge >= 0.3 is 12.0 Å². The van der Waals surface area contributed by atoms with Crippen LogP contribution in [0.1, 0.15) is 11.1 Å². The molecule has 4 N–H and O–H groups in total. The number of hydrogen-bond donors (Lipinski definition) is 4. The van der Waals surface area contributed by atoms with Gasteiger partial charge in [0.15, 0.2) is 6.04 Å². The number of carbonyl (C=O) groups excluding carboxylic acids is 1. The van der Waals surface area contributed by atoms with Crippen molar-refractivity contribution in [1.82, 2.24) is 10.6 Å². The molecular formula is C13H18N2O4. The molecule has 104 valence electrons. The zero-order valence-corrected chi connectivity index (χ0v) is 10.7. The van der Waals surface area contributed by atoms with Gasteiger partial charge in [-0.3, -0.25) is 0 Å². The molecule has 1 aromatic rings. The van der Waals surface area contributed by atoms with Crippen LogP contribution in [-0.2, 0) is 11.2 Å². The smallest absolute Gasteiger partial charge is 0.328 e. The first kappa shape index (κ1) is 15.0. The number of carbonyl (C=O) groups is 2. The lowest BCUT2D eigenvalue weighted by molar-refractivity contribution is -0.140. The third kappa shape index (κ3) is 5.39. The van der Waals surface area contributed by atoms with Gasteiger partial charge in [0, 0.05) is 6.54 Å². The highest BCUT2D eigenvalue weighted by Gasteiger charge is 2.17. The summed E-state index contributed by atoms with van der Waals surface area (Å²) in [6.45, 7) is 1.75. The molecule has 2 amide bonds. The van der Waals surface area contributed by atoms with Crippen molar-refractivity contribution < 1.29 is 19.8 Å². The summed E-state index contributed by atoms with van der Waals surface area (Å²) in [4.78, 5) is 22.0. The number of benzene rings is 1. The van der Waals surface area contributed by atoms with Crippen molar-refractivity contribution in [3.05, 3.63) is 35.4 Å². The number of amides is 2. The first-order valence-electron chi connectivity index (χ1n) is 5.96. The maximum absolute atomic E-state index is 11.4. The highest BCUT2D eigenvalue weighted by molar-refractivity contribution is 5.82. The third-order valence-electron chi connectivity index (χ3n) is 2.57. The average Bonchev–Trinajstić information content (AvgIpc) is 2.35. The molecule has 0 spiro atoms. The largest absolute Gasteiger partial charge is 0.480 e. The zero-order chi connectivity index (χ0) is 14.3. The second-order valence-electron chi connectivity index (χ2n) is 4.21. The topological polar surface area (TPSA) is 98.7 Å². The SMILES string of the molecule is Cc1cccc(CCNC(=O)N[C@@H](CO)C(=O)O)c1. The minimum Gasteiger partial charge on any atom is -0.480 e. The standard InChI is InChI=1S/C13H18N2O4/c1-9-3-2-4-10(7-9)5-6-14-13(19)15-11(8-16)12(17)18/h2-4,7,11,16H,5-6,8H2,1H3,(H,17,18)(H2,14,15,19)/t11-/m0/s1. The van der Waals surface area contributed by atoms with E-state index in [1.165, 1.54) is 0 Å². The summed E-state index contributed by atoms with van der Waals surface area (Å²) in [6, 6.07) is 6.03. The van der Waals surface area contributed by atoms with Gasteiger partial charge < -0.3 is 20.8 Å². The van der Waals surface area contributed by atoms with Crippen molar-refractivity contribution in [3.8, 4) is 0 Å². The van der Waals surface area contributed by atoms with E-state index in [1.807, 2.05) is 31.2 Å². The summed E-state index contributed by atoms with van der Waals surface area (Å²) in [6.07, 6.45) is 0.659. The van der Waals surface area contributed by atoms with Crippen LogP contribution < -0.4 is 10.6 Å². The van der Waals surface area contributed by atoms with Crippen LogP contribution in [0, 0.1) is 6.92 Å². The molecule has 1 atom stereocenters. The van der Waals surface area contributed by atoms with Crippen LogP contribution in [0.25, 0.3) is 0 Å². The number of hydrogen-bond acceptors (Lipinski definition) is 3. The Kier molecular flexibility index (Phi) is 5.81. The predicted molar refractivity (Wildman–Crippen MR) is 69.9 cm³/mol. The Labute approximate surface area is 111 Å². The second kappa shape index (κ2) is 7.38. The van der Waals surface area contributed by atoms with Crippen LogP contribution in [0.15, 0.2) is 24.3 Å². The normalized spacial score (nSPS) is 11.7. The summed E-state index contributed by atoms with van der Waals surface area (Å²) in [5, 5.41) is 22.1. The molecule has 0 heterocycles. The number of urea groups is 1. The van der Waals surface area contributed by atoms with E-state index in [2.05, 4.69) is 10.6 Å². The van der Waals surface area contributed by atoms with Gasteiger partial charge in [-0.05, 0) is 18.9 Å². The van der Waals surface area contributed by atoms with Crippen molar-refractivity contribution in [2.45, 2.75) is 19.4 Å². The Morgan fingerprint density at radius 1 is 1.37 bits per heavy atom. The van der Waals surface area contributed by atoms with Gasteiger partial charge in [0.1, 0.15) is 0 Å². The Morgan fingerprint density at radius 2 is 2.11 bits per heavy atom. The lowest BCUT2D eigenvalue weighted by atomic mass is 10.1. The minimum atomic E-state index is -1.28. The van der Waals surface area contributed by atoms with E-state index in [9.17, 15) is 9.59 Å². The number of carboxylic acids is 1. The molecule has 6 heteroatoms. The van der Waals surface area contributed by atoms with E-state index >= 15 is 0 Å². The van der Waals surface area contributed by atoms with Crippen LogP contribution in [0.5, 0.6) is 0 Å². The highest BCUT2D eigenvalue weighted by Crippen LogP contribution is 2.03. The fourth-order valence-corrected chi connectivity index (χ4v) is 1.58. The van der Waals surface area contributed by atoms with Gasteiger partial charge in [0.05, 0.1) is 6.61 Å². The summed E-state index contributed by atoms with van der Waals surface area (Å²) in [5.41, 5.74) is 2.24. The first-order valence-corrected chi connectivity index (χ1v) is 5.96. The van der Waals surface area contributed by atoms with Crippen LogP contribution in [0.4, 0.5) is 4.79 Å². The van der Waals surface area contributed by atoms with E-state index in [1.54, 1.807) is 0 Å². The first-order chi connectivity index (χ1) is 9.02. The Balaban J connectivity index is 2.33.